The van der Waals surface area contributed by atoms with Crippen LogP contribution >= 0.6 is 0 Å². The first-order chi connectivity index (χ1) is 7.90. The van der Waals surface area contributed by atoms with Gasteiger partial charge in [-0.25, -0.2) is 0 Å². The Bertz CT molecular complexity index is 403. The molecule has 3 heteroatoms. The molecular formula is C13H17NO2. The second-order valence-corrected chi connectivity index (χ2v) is 4.49. The van der Waals surface area contributed by atoms with Gasteiger partial charge in [-0.1, -0.05) is 6.07 Å². The van der Waals surface area contributed by atoms with E-state index in [2.05, 4.69) is 17.4 Å². The van der Waals surface area contributed by atoms with E-state index in [9.17, 15) is 0 Å². The summed E-state index contributed by atoms with van der Waals surface area (Å²) in [6.07, 6.45) is 1.06. The highest BCUT2D eigenvalue weighted by Crippen LogP contribution is 2.36. The van der Waals surface area contributed by atoms with E-state index in [-0.39, 0.29) is 0 Å². The number of hydrogen-bond acceptors (Lipinski definition) is 3. The van der Waals surface area contributed by atoms with Gasteiger partial charge in [0, 0.05) is 12.5 Å². The molecule has 0 saturated carbocycles. The molecule has 86 valence electrons. The summed E-state index contributed by atoms with van der Waals surface area (Å²) in [6, 6.07) is 4.22. The van der Waals surface area contributed by atoms with Crippen molar-refractivity contribution in [2.24, 2.45) is 0 Å². The van der Waals surface area contributed by atoms with Crippen LogP contribution in [0.4, 0.5) is 0 Å². The smallest absolute Gasteiger partial charge is 0.122 e. The Morgan fingerprint density at radius 2 is 2.38 bits per heavy atom. The minimum Gasteiger partial charge on any atom is -0.496 e. The van der Waals surface area contributed by atoms with Crippen LogP contribution in [-0.4, -0.2) is 26.8 Å². The molecule has 1 aromatic carbocycles. The lowest BCUT2D eigenvalue weighted by atomic mass is 9.88. The summed E-state index contributed by atoms with van der Waals surface area (Å²) in [6.45, 7) is 3.64. The van der Waals surface area contributed by atoms with Crippen LogP contribution in [0.3, 0.4) is 0 Å². The summed E-state index contributed by atoms with van der Waals surface area (Å²) in [5.74, 6) is 1.53. The van der Waals surface area contributed by atoms with E-state index in [0.717, 1.165) is 38.5 Å². The van der Waals surface area contributed by atoms with Crippen LogP contribution in [-0.2, 0) is 17.8 Å². The second-order valence-electron chi connectivity index (χ2n) is 4.49. The molecule has 0 bridgehead atoms. The number of methoxy groups -OCH3 is 1. The van der Waals surface area contributed by atoms with Crippen molar-refractivity contribution in [3.05, 3.63) is 28.8 Å². The predicted octanol–water partition coefficient (Wildman–Crippen LogP) is 1.45. The van der Waals surface area contributed by atoms with Gasteiger partial charge in [0.2, 0.25) is 0 Å². The van der Waals surface area contributed by atoms with Crippen LogP contribution in [0, 0.1) is 0 Å². The van der Waals surface area contributed by atoms with Crippen molar-refractivity contribution in [2.45, 2.75) is 18.9 Å². The maximum Gasteiger partial charge on any atom is 0.122 e. The van der Waals surface area contributed by atoms with Crippen LogP contribution in [0.15, 0.2) is 12.1 Å². The molecule has 1 N–H and O–H groups in total. The van der Waals surface area contributed by atoms with Gasteiger partial charge >= 0.3 is 0 Å². The summed E-state index contributed by atoms with van der Waals surface area (Å²) < 4.78 is 11.1. The molecule has 1 atom stereocenters. The maximum atomic E-state index is 5.64. The SMILES string of the molecule is COc1ccc2c3c1CCNCC3COC2. The van der Waals surface area contributed by atoms with E-state index in [4.69, 9.17) is 9.47 Å². The van der Waals surface area contributed by atoms with E-state index in [0.29, 0.717) is 5.92 Å². The Hall–Kier alpha value is -1.06. The number of rotatable bonds is 1. The Morgan fingerprint density at radius 1 is 1.44 bits per heavy atom. The lowest BCUT2D eigenvalue weighted by molar-refractivity contribution is 0.0911. The summed E-state index contributed by atoms with van der Waals surface area (Å²) >= 11 is 0. The molecule has 2 aliphatic heterocycles. The Labute approximate surface area is 95.8 Å². The zero-order chi connectivity index (χ0) is 11.0. The Kier molecular flexibility index (Phi) is 2.58. The minimum absolute atomic E-state index is 0.497. The monoisotopic (exact) mass is 219 g/mol. The average molecular weight is 219 g/mol. The highest BCUT2D eigenvalue weighted by Gasteiger charge is 2.27. The van der Waals surface area contributed by atoms with Gasteiger partial charge in [-0.3, -0.25) is 0 Å². The zero-order valence-corrected chi connectivity index (χ0v) is 9.58. The first kappa shape index (κ1) is 10.1. The van der Waals surface area contributed by atoms with Crippen LogP contribution in [0.1, 0.15) is 22.6 Å². The highest BCUT2D eigenvalue weighted by molar-refractivity contribution is 5.48. The first-order valence-electron chi connectivity index (χ1n) is 5.87. The molecule has 0 saturated heterocycles. The third-order valence-corrected chi connectivity index (χ3v) is 3.55. The summed E-state index contributed by atoms with van der Waals surface area (Å²) in [4.78, 5) is 0. The van der Waals surface area contributed by atoms with Crippen molar-refractivity contribution in [3.8, 4) is 5.75 Å². The molecular weight excluding hydrogens is 202 g/mol. The number of benzene rings is 1. The maximum absolute atomic E-state index is 5.64. The minimum atomic E-state index is 0.497. The highest BCUT2D eigenvalue weighted by atomic mass is 16.5. The molecule has 1 aromatic rings. The molecule has 2 heterocycles. The predicted molar refractivity (Wildman–Crippen MR) is 62.0 cm³/mol. The quantitative estimate of drug-likeness (QED) is 0.775. The van der Waals surface area contributed by atoms with E-state index in [1.54, 1.807) is 7.11 Å². The molecule has 3 rings (SSSR count). The van der Waals surface area contributed by atoms with Gasteiger partial charge in [-0.05, 0) is 35.7 Å². The van der Waals surface area contributed by atoms with E-state index < -0.39 is 0 Å². The molecule has 0 fully saturated rings. The Balaban J connectivity index is 2.16. The van der Waals surface area contributed by atoms with Crippen molar-refractivity contribution in [1.29, 1.82) is 0 Å². The topological polar surface area (TPSA) is 30.5 Å². The van der Waals surface area contributed by atoms with Gasteiger partial charge in [0.15, 0.2) is 0 Å². The third-order valence-electron chi connectivity index (χ3n) is 3.55. The fourth-order valence-electron chi connectivity index (χ4n) is 2.82. The molecule has 0 spiro atoms. The fraction of sp³-hybridized carbons (Fsp3) is 0.538. The van der Waals surface area contributed by atoms with E-state index >= 15 is 0 Å². The lowest BCUT2D eigenvalue weighted by Gasteiger charge is -2.27. The molecule has 3 nitrogen and oxygen atoms in total. The van der Waals surface area contributed by atoms with Gasteiger partial charge in [-0.2, -0.15) is 0 Å². The average Bonchev–Trinajstić information content (AvgIpc) is 2.55. The molecule has 0 aromatic heterocycles. The van der Waals surface area contributed by atoms with Gasteiger partial charge in [0.25, 0.3) is 0 Å². The largest absolute Gasteiger partial charge is 0.496 e. The van der Waals surface area contributed by atoms with Crippen LogP contribution < -0.4 is 10.1 Å². The van der Waals surface area contributed by atoms with Crippen LogP contribution in [0.2, 0.25) is 0 Å². The second kappa shape index (κ2) is 4.07. The molecule has 0 aliphatic carbocycles. The number of hydrogen-bond donors (Lipinski definition) is 1. The molecule has 1 unspecified atom stereocenters. The Morgan fingerprint density at radius 3 is 3.25 bits per heavy atom. The van der Waals surface area contributed by atoms with Gasteiger partial charge in [-0.15, -0.1) is 0 Å². The standard InChI is InChI=1S/C13H17NO2/c1-15-12-3-2-9-7-16-8-10-6-14-5-4-11(12)13(9)10/h2-3,10,14H,4-8H2,1H3. The van der Waals surface area contributed by atoms with Crippen molar-refractivity contribution >= 4 is 0 Å². The summed E-state index contributed by atoms with van der Waals surface area (Å²) in [5, 5.41) is 3.47. The van der Waals surface area contributed by atoms with E-state index in [1.807, 2.05) is 0 Å². The lowest BCUT2D eigenvalue weighted by Crippen LogP contribution is -2.26. The summed E-state index contributed by atoms with van der Waals surface area (Å²) in [7, 11) is 1.75. The zero-order valence-electron chi connectivity index (χ0n) is 9.58. The molecule has 0 radical (unpaired) electrons. The fourth-order valence-corrected chi connectivity index (χ4v) is 2.82. The molecule has 0 amide bonds. The summed E-state index contributed by atoms with van der Waals surface area (Å²) in [5.41, 5.74) is 4.21. The van der Waals surface area contributed by atoms with Crippen molar-refractivity contribution < 1.29 is 9.47 Å². The van der Waals surface area contributed by atoms with E-state index in [1.165, 1.54) is 16.7 Å². The van der Waals surface area contributed by atoms with Crippen molar-refractivity contribution in [3.63, 3.8) is 0 Å². The first-order valence-corrected chi connectivity index (χ1v) is 5.87. The van der Waals surface area contributed by atoms with Crippen LogP contribution in [0.5, 0.6) is 5.75 Å². The normalized spacial score (nSPS) is 23.4. The van der Waals surface area contributed by atoms with Crippen LogP contribution in [0.25, 0.3) is 0 Å². The molecule has 2 aliphatic rings. The van der Waals surface area contributed by atoms with Gasteiger partial charge < -0.3 is 14.8 Å². The van der Waals surface area contributed by atoms with Gasteiger partial charge in [0.05, 0.1) is 20.3 Å². The third kappa shape index (κ3) is 1.51. The number of ether oxygens (including phenoxy) is 2. The van der Waals surface area contributed by atoms with Gasteiger partial charge in [0.1, 0.15) is 5.75 Å². The van der Waals surface area contributed by atoms with Crippen molar-refractivity contribution in [1.82, 2.24) is 5.32 Å². The van der Waals surface area contributed by atoms with Crippen molar-refractivity contribution in [2.75, 3.05) is 26.8 Å². The number of nitrogens with one attached hydrogen (secondary N) is 1. The molecule has 16 heavy (non-hydrogen) atoms.